The van der Waals surface area contributed by atoms with Crippen molar-refractivity contribution in [3.8, 4) is 0 Å². The molecule has 2 rings (SSSR count). The Kier molecular flexibility index (Phi) is 5.22. The number of carbonyl (C=O) groups is 1. The van der Waals surface area contributed by atoms with E-state index in [-0.39, 0.29) is 17.6 Å². The molecule has 1 aromatic carbocycles. The molecule has 1 aliphatic rings. The van der Waals surface area contributed by atoms with Crippen LogP contribution in [0.5, 0.6) is 0 Å². The minimum Gasteiger partial charge on any atom is -0.340 e. The van der Waals surface area contributed by atoms with Crippen molar-refractivity contribution in [2.45, 2.75) is 11.8 Å². The summed E-state index contributed by atoms with van der Waals surface area (Å²) >= 11 is 1.60. The predicted octanol–water partition coefficient (Wildman–Crippen LogP) is 1.99. The summed E-state index contributed by atoms with van der Waals surface area (Å²) in [6.07, 6.45) is 0. The van der Waals surface area contributed by atoms with E-state index in [9.17, 15) is 9.18 Å². The number of benzene rings is 1. The molecule has 104 valence electrons. The molecule has 0 aromatic heterocycles. The molecule has 1 amide bonds. The molecular formula is C14H19FN2OS. The third-order valence-corrected chi connectivity index (χ3v) is 4.44. The molecule has 1 unspecified atom stereocenters. The smallest absolute Gasteiger partial charge is 0.226 e. The van der Waals surface area contributed by atoms with Gasteiger partial charge in [-0.3, -0.25) is 4.79 Å². The van der Waals surface area contributed by atoms with Gasteiger partial charge >= 0.3 is 0 Å². The average molecular weight is 282 g/mol. The average Bonchev–Trinajstić information content (AvgIpc) is 2.46. The molecule has 19 heavy (non-hydrogen) atoms. The van der Waals surface area contributed by atoms with Gasteiger partial charge in [-0.15, -0.1) is 11.8 Å². The van der Waals surface area contributed by atoms with Crippen LogP contribution in [0.4, 0.5) is 4.39 Å². The van der Waals surface area contributed by atoms with Crippen LogP contribution in [0.15, 0.2) is 29.2 Å². The molecule has 1 N–H and O–H groups in total. The molecule has 1 heterocycles. The van der Waals surface area contributed by atoms with E-state index in [1.54, 1.807) is 23.9 Å². The molecule has 1 fully saturated rings. The fourth-order valence-electron chi connectivity index (χ4n) is 2.02. The van der Waals surface area contributed by atoms with Crippen molar-refractivity contribution in [2.24, 2.45) is 5.92 Å². The Morgan fingerprint density at radius 3 is 2.63 bits per heavy atom. The highest BCUT2D eigenvalue weighted by Crippen LogP contribution is 2.21. The van der Waals surface area contributed by atoms with Crippen molar-refractivity contribution in [3.05, 3.63) is 30.1 Å². The molecule has 1 aliphatic heterocycles. The third kappa shape index (κ3) is 4.21. The highest BCUT2D eigenvalue weighted by molar-refractivity contribution is 7.99. The fourth-order valence-corrected chi connectivity index (χ4v) is 2.93. The van der Waals surface area contributed by atoms with E-state index >= 15 is 0 Å². The lowest BCUT2D eigenvalue weighted by Gasteiger charge is -2.29. The van der Waals surface area contributed by atoms with Gasteiger partial charge < -0.3 is 10.2 Å². The van der Waals surface area contributed by atoms with Gasteiger partial charge in [0.2, 0.25) is 5.91 Å². The summed E-state index contributed by atoms with van der Waals surface area (Å²) in [5, 5.41) is 3.24. The van der Waals surface area contributed by atoms with E-state index < -0.39 is 0 Å². The molecule has 0 aliphatic carbocycles. The number of amides is 1. The predicted molar refractivity (Wildman–Crippen MR) is 75.7 cm³/mol. The maximum atomic E-state index is 12.8. The molecule has 1 atom stereocenters. The van der Waals surface area contributed by atoms with Crippen LogP contribution in [0.1, 0.15) is 6.92 Å². The van der Waals surface area contributed by atoms with Gasteiger partial charge in [0.15, 0.2) is 0 Å². The van der Waals surface area contributed by atoms with E-state index in [0.717, 1.165) is 36.8 Å². The first kappa shape index (κ1) is 14.3. The van der Waals surface area contributed by atoms with Crippen LogP contribution in [0.3, 0.4) is 0 Å². The highest BCUT2D eigenvalue weighted by atomic mass is 32.2. The number of nitrogens with zero attached hydrogens (tertiary/aromatic N) is 1. The molecule has 5 heteroatoms. The molecule has 0 radical (unpaired) electrons. The summed E-state index contributed by atoms with van der Waals surface area (Å²) in [4.78, 5) is 15.1. The molecular weight excluding hydrogens is 263 g/mol. The van der Waals surface area contributed by atoms with Crippen molar-refractivity contribution < 1.29 is 9.18 Å². The fraction of sp³-hybridized carbons (Fsp3) is 0.500. The van der Waals surface area contributed by atoms with E-state index in [0.29, 0.717) is 0 Å². The van der Waals surface area contributed by atoms with Gasteiger partial charge in [0.25, 0.3) is 0 Å². The van der Waals surface area contributed by atoms with Crippen molar-refractivity contribution in [2.75, 3.05) is 31.9 Å². The zero-order chi connectivity index (χ0) is 13.7. The Hall–Kier alpha value is -1.07. The number of hydrogen-bond donors (Lipinski definition) is 1. The van der Waals surface area contributed by atoms with Crippen LogP contribution in [-0.2, 0) is 4.79 Å². The zero-order valence-corrected chi connectivity index (χ0v) is 11.9. The lowest BCUT2D eigenvalue weighted by molar-refractivity contribution is -0.134. The monoisotopic (exact) mass is 282 g/mol. The summed E-state index contributed by atoms with van der Waals surface area (Å²) < 4.78 is 12.8. The Morgan fingerprint density at radius 2 is 2.00 bits per heavy atom. The van der Waals surface area contributed by atoms with Gasteiger partial charge in [0.1, 0.15) is 5.82 Å². The summed E-state index contributed by atoms with van der Waals surface area (Å²) in [5.41, 5.74) is 0. The Morgan fingerprint density at radius 1 is 1.37 bits per heavy atom. The van der Waals surface area contributed by atoms with Gasteiger partial charge in [-0.2, -0.15) is 0 Å². The number of halogens is 1. The quantitative estimate of drug-likeness (QED) is 0.857. The first-order valence-corrected chi connectivity index (χ1v) is 7.53. The third-order valence-electron chi connectivity index (χ3n) is 3.16. The second kappa shape index (κ2) is 6.91. The van der Waals surface area contributed by atoms with Crippen molar-refractivity contribution in [1.29, 1.82) is 0 Å². The van der Waals surface area contributed by atoms with E-state index in [1.807, 2.05) is 11.8 Å². The van der Waals surface area contributed by atoms with Crippen LogP contribution in [0.2, 0.25) is 0 Å². The standard InChI is InChI=1S/C14H19FN2OS/c1-11(14(18)17-8-6-16-7-9-17)10-19-13-4-2-12(15)3-5-13/h2-5,11,16H,6-10H2,1H3. The summed E-state index contributed by atoms with van der Waals surface area (Å²) in [5.74, 6) is 0.715. The van der Waals surface area contributed by atoms with E-state index in [2.05, 4.69) is 5.32 Å². The molecule has 3 nitrogen and oxygen atoms in total. The molecule has 0 bridgehead atoms. The Labute approximate surface area is 117 Å². The first-order chi connectivity index (χ1) is 9.16. The Balaban J connectivity index is 1.81. The number of nitrogens with one attached hydrogen (secondary N) is 1. The van der Waals surface area contributed by atoms with Crippen molar-refractivity contribution >= 4 is 17.7 Å². The molecule has 0 spiro atoms. The van der Waals surface area contributed by atoms with Crippen molar-refractivity contribution in [3.63, 3.8) is 0 Å². The minimum absolute atomic E-state index is 0.00634. The zero-order valence-electron chi connectivity index (χ0n) is 11.1. The number of thioether (sulfide) groups is 1. The Bertz CT molecular complexity index is 418. The number of piperazine rings is 1. The normalized spacial score (nSPS) is 17.3. The molecule has 1 aromatic rings. The molecule has 1 saturated heterocycles. The number of rotatable bonds is 4. The maximum absolute atomic E-state index is 12.8. The van der Waals surface area contributed by atoms with Gasteiger partial charge in [0.05, 0.1) is 0 Å². The van der Waals surface area contributed by atoms with Gasteiger partial charge in [0, 0.05) is 42.7 Å². The summed E-state index contributed by atoms with van der Waals surface area (Å²) in [6, 6.07) is 6.40. The maximum Gasteiger partial charge on any atom is 0.226 e. The number of carbonyl (C=O) groups excluding carboxylic acids is 1. The second-order valence-electron chi connectivity index (χ2n) is 4.74. The SMILES string of the molecule is CC(CSc1ccc(F)cc1)C(=O)N1CCNCC1. The van der Waals surface area contributed by atoms with E-state index in [1.165, 1.54) is 12.1 Å². The van der Waals surface area contributed by atoms with Gasteiger partial charge in [-0.1, -0.05) is 6.92 Å². The van der Waals surface area contributed by atoms with Gasteiger partial charge in [-0.05, 0) is 24.3 Å². The van der Waals surface area contributed by atoms with Crippen LogP contribution in [0, 0.1) is 11.7 Å². The lowest BCUT2D eigenvalue weighted by atomic mass is 10.2. The first-order valence-electron chi connectivity index (χ1n) is 6.54. The van der Waals surface area contributed by atoms with Crippen LogP contribution >= 0.6 is 11.8 Å². The largest absolute Gasteiger partial charge is 0.340 e. The number of hydrogen-bond acceptors (Lipinski definition) is 3. The lowest BCUT2D eigenvalue weighted by Crippen LogP contribution is -2.48. The topological polar surface area (TPSA) is 32.3 Å². The second-order valence-corrected chi connectivity index (χ2v) is 5.83. The van der Waals surface area contributed by atoms with Crippen LogP contribution in [0.25, 0.3) is 0 Å². The minimum atomic E-state index is -0.228. The van der Waals surface area contributed by atoms with Crippen LogP contribution < -0.4 is 5.32 Å². The summed E-state index contributed by atoms with van der Waals surface area (Å²) in [6.45, 7) is 5.31. The van der Waals surface area contributed by atoms with Crippen LogP contribution in [-0.4, -0.2) is 42.7 Å². The molecule has 0 saturated carbocycles. The van der Waals surface area contributed by atoms with Gasteiger partial charge in [-0.25, -0.2) is 4.39 Å². The highest BCUT2D eigenvalue weighted by Gasteiger charge is 2.21. The summed E-state index contributed by atoms with van der Waals surface area (Å²) in [7, 11) is 0. The van der Waals surface area contributed by atoms with Crippen molar-refractivity contribution in [1.82, 2.24) is 10.2 Å². The van der Waals surface area contributed by atoms with E-state index in [4.69, 9.17) is 0 Å².